The molecule has 0 atom stereocenters. The summed E-state index contributed by atoms with van der Waals surface area (Å²) in [5.41, 5.74) is 5.09. The van der Waals surface area contributed by atoms with Crippen LogP contribution < -0.4 is 10.8 Å². The van der Waals surface area contributed by atoms with Crippen LogP contribution in [0.3, 0.4) is 0 Å². The van der Waals surface area contributed by atoms with Gasteiger partial charge in [-0.05, 0) is 19.3 Å². The molecule has 0 unspecified atom stereocenters. The predicted molar refractivity (Wildman–Crippen MR) is 149 cm³/mol. The second-order valence-electron chi connectivity index (χ2n) is 10.8. The van der Waals surface area contributed by atoms with Gasteiger partial charge in [0.15, 0.2) is 0 Å². The Hall–Kier alpha value is -0.570. The topological polar surface area (TPSA) is 67.8 Å². The van der Waals surface area contributed by atoms with E-state index in [2.05, 4.69) is 20.8 Å². The van der Waals surface area contributed by atoms with E-state index >= 15 is 0 Å². The third-order valence-corrected chi connectivity index (χ3v) is 7.19. The molecule has 0 bridgehead atoms. The fraction of sp³-hybridized carbons (Fsp3) is 0.968. The smallest absolute Gasteiger partial charge is 0.0945 e. The molecule has 0 aliphatic carbocycles. The van der Waals surface area contributed by atoms with Crippen LogP contribution in [0.5, 0.6) is 0 Å². The number of carbonyl (C=O) groups excluding carboxylic acids is 1. The van der Waals surface area contributed by atoms with Crippen LogP contribution in [0.4, 0.5) is 0 Å². The first-order valence-corrected chi connectivity index (χ1v) is 15.5. The Kier molecular flexibility index (Phi) is 30.0. The Morgan fingerprint density at radius 2 is 0.765 bits per heavy atom. The first kappa shape index (κ1) is 35.6. The van der Waals surface area contributed by atoms with Crippen LogP contribution in [0.15, 0.2) is 0 Å². The van der Waals surface area contributed by atoms with Gasteiger partial charge in [-0.25, -0.2) is 0 Å². The molecule has 0 saturated heterocycles. The fourth-order valence-corrected chi connectivity index (χ4v) is 4.88. The second-order valence-corrected chi connectivity index (χ2v) is 10.8. The largest absolute Gasteiger partial charge is 0.550 e. The summed E-state index contributed by atoms with van der Waals surface area (Å²) in [7, 11) is 0. The van der Waals surface area contributed by atoms with Crippen molar-refractivity contribution >= 4 is 5.97 Å². The van der Waals surface area contributed by atoms with E-state index < -0.39 is 5.97 Å². The lowest BCUT2D eigenvalue weighted by atomic mass is 9.83. The number of quaternary nitrogens is 1. The van der Waals surface area contributed by atoms with Gasteiger partial charge in [0.2, 0.25) is 0 Å². The molecule has 3 nitrogen and oxygen atoms in total. The summed E-state index contributed by atoms with van der Waals surface area (Å²) < 4.78 is 0. The van der Waals surface area contributed by atoms with Gasteiger partial charge in [-0.3, -0.25) is 0 Å². The molecule has 0 saturated carbocycles. The summed E-state index contributed by atoms with van der Waals surface area (Å²) in [6.07, 6.45) is 34.3. The number of rotatable bonds is 25. The van der Waals surface area contributed by atoms with Crippen LogP contribution in [0.1, 0.15) is 188 Å². The highest BCUT2D eigenvalue weighted by molar-refractivity contribution is 5.63. The molecule has 0 aliphatic rings. The Morgan fingerprint density at radius 3 is 1.00 bits per heavy atom. The van der Waals surface area contributed by atoms with Crippen molar-refractivity contribution in [1.82, 2.24) is 0 Å². The number of hydrogen-bond donors (Lipinski definition) is 1. The van der Waals surface area contributed by atoms with Crippen molar-refractivity contribution in [3.05, 3.63) is 0 Å². The molecule has 0 radical (unpaired) electrons. The van der Waals surface area contributed by atoms with E-state index in [4.69, 9.17) is 5.73 Å². The first-order chi connectivity index (χ1) is 16.5. The summed E-state index contributed by atoms with van der Waals surface area (Å²) in [6.45, 7) is 8.49. The van der Waals surface area contributed by atoms with Gasteiger partial charge >= 0.3 is 0 Å². The van der Waals surface area contributed by atoms with Crippen molar-refractivity contribution in [2.45, 2.75) is 194 Å². The summed E-state index contributed by atoms with van der Waals surface area (Å²) in [4.78, 5) is 9.26. The summed E-state index contributed by atoms with van der Waals surface area (Å²) >= 11 is 0. The van der Waals surface area contributed by atoms with E-state index in [0.29, 0.717) is 5.54 Å². The van der Waals surface area contributed by atoms with Gasteiger partial charge in [-0.15, -0.1) is 0 Å². The average molecular weight is 484 g/mol. The number of hydrogen-bond acceptors (Lipinski definition) is 2. The number of aliphatic carboxylic acids is 1. The summed E-state index contributed by atoms with van der Waals surface area (Å²) in [5, 5.41) is 9.26. The van der Waals surface area contributed by atoms with Crippen LogP contribution in [0, 0.1) is 0 Å². The van der Waals surface area contributed by atoms with E-state index in [1.54, 1.807) is 0 Å². The molecule has 0 spiro atoms. The van der Waals surface area contributed by atoms with E-state index in [1.807, 2.05) is 0 Å². The van der Waals surface area contributed by atoms with E-state index in [1.165, 1.54) is 161 Å². The molecule has 206 valence electrons. The quantitative estimate of drug-likeness (QED) is 0.132. The Balaban J connectivity index is 0. The zero-order valence-corrected chi connectivity index (χ0v) is 24.2. The molecule has 0 amide bonds. The zero-order chi connectivity index (χ0) is 25.8. The SMILES string of the molecule is CCC(=O)[O-].CCCCCCCCCCCCC([NH3+])(CCC)CCCCCCCCCCCC. The lowest BCUT2D eigenvalue weighted by Gasteiger charge is -2.26. The first-order valence-electron chi connectivity index (χ1n) is 15.5. The van der Waals surface area contributed by atoms with Crippen LogP contribution >= 0.6 is 0 Å². The molecule has 0 aromatic rings. The molecule has 0 aromatic carbocycles. The third-order valence-electron chi connectivity index (χ3n) is 7.19. The van der Waals surface area contributed by atoms with Crippen LogP contribution in [-0.2, 0) is 4.79 Å². The van der Waals surface area contributed by atoms with Gasteiger partial charge in [-0.2, -0.15) is 0 Å². The van der Waals surface area contributed by atoms with Gasteiger partial charge in [0, 0.05) is 25.2 Å². The molecule has 3 heteroatoms. The molecule has 3 N–H and O–H groups in total. The minimum Gasteiger partial charge on any atom is -0.550 e. The normalized spacial score (nSPS) is 11.3. The second kappa shape index (κ2) is 28.7. The van der Waals surface area contributed by atoms with E-state index in [9.17, 15) is 9.90 Å². The van der Waals surface area contributed by atoms with Gasteiger partial charge in [0.1, 0.15) is 0 Å². The van der Waals surface area contributed by atoms with Crippen LogP contribution in [0.25, 0.3) is 0 Å². The number of carbonyl (C=O) groups is 1. The lowest BCUT2D eigenvalue weighted by Crippen LogP contribution is -2.72. The van der Waals surface area contributed by atoms with Crippen molar-refractivity contribution < 1.29 is 15.6 Å². The van der Waals surface area contributed by atoms with Crippen LogP contribution in [0.2, 0.25) is 0 Å². The molecular weight excluding hydrogens is 418 g/mol. The molecule has 0 aliphatic heterocycles. The minimum absolute atomic E-state index is 0.111. The minimum atomic E-state index is -0.995. The van der Waals surface area contributed by atoms with Crippen molar-refractivity contribution in [3.63, 3.8) is 0 Å². The molecule has 0 fully saturated rings. The lowest BCUT2D eigenvalue weighted by molar-refractivity contribution is -0.484. The van der Waals surface area contributed by atoms with Crippen molar-refractivity contribution in [2.75, 3.05) is 0 Å². The number of carboxylic acid groups (broad SMARTS) is 1. The maximum absolute atomic E-state index is 9.26. The Labute approximate surface area is 215 Å². The number of carboxylic acids is 1. The highest BCUT2D eigenvalue weighted by atomic mass is 16.4. The standard InChI is InChI=1S/C28H59N.C3H6O2/c1-4-7-9-11-13-15-17-19-21-23-26-28(29,25-6-3)27-24-22-20-18-16-14-12-10-8-5-2;1-2-3(4)5/h4-27,29H2,1-3H3;2H2,1H3,(H,4,5). The highest BCUT2D eigenvalue weighted by Crippen LogP contribution is 2.24. The summed E-state index contributed by atoms with van der Waals surface area (Å²) in [6, 6.07) is 0. The van der Waals surface area contributed by atoms with Crippen molar-refractivity contribution in [3.8, 4) is 0 Å². The van der Waals surface area contributed by atoms with Gasteiger partial charge in [-0.1, -0.05) is 150 Å². The maximum Gasteiger partial charge on any atom is 0.0945 e. The Bertz CT molecular complexity index is 373. The molecule has 0 aromatic heterocycles. The van der Waals surface area contributed by atoms with Crippen molar-refractivity contribution in [2.24, 2.45) is 0 Å². The Morgan fingerprint density at radius 1 is 0.500 bits per heavy atom. The zero-order valence-electron chi connectivity index (χ0n) is 24.2. The highest BCUT2D eigenvalue weighted by Gasteiger charge is 2.26. The fourth-order valence-electron chi connectivity index (χ4n) is 4.88. The van der Waals surface area contributed by atoms with Gasteiger partial charge < -0.3 is 15.6 Å². The maximum atomic E-state index is 9.26. The third kappa shape index (κ3) is 29.5. The summed E-state index contributed by atoms with van der Waals surface area (Å²) in [5.74, 6) is -0.995. The van der Waals surface area contributed by atoms with E-state index in [0.717, 1.165) is 0 Å². The van der Waals surface area contributed by atoms with Crippen LogP contribution in [-0.4, -0.2) is 11.5 Å². The predicted octanol–water partition coefficient (Wildman–Crippen LogP) is 8.54. The van der Waals surface area contributed by atoms with E-state index in [-0.39, 0.29) is 6.42 Å². The van der Waals surface area contributed by atoms with Gasteiger partial charge in [0.05, 0.1) is 5.54 Å². The van der Waals surface area contributed by atoms with Gasteiger partial charge in [0.25, 0.3) is 0 Å². The van der Waals surface area contributed by atoms with Crippen molar-refractivity contribution in [1.29, 1.82) is 0 Å². The molecular formula is C31H65NO2. The number of unbranched alkanes of at least 4 members (excludes halogenated alkanes) is 18. The monoisotopic (exact) mass is 484 g/mol. The molecule has 0 rings (SSSR count). The molecule has 0 heterocycles. The average Bonchev–Trinajstić information content (AvgIpc) is 2.82. The molecule has 34 heavy (non-hydrogen) atoms.